The van der Waals surface area contributed by atoms with Crippen LogP contribution < -0.4 is 0 Å². The molecular formula is C16H10FNO2. The Kier molecular flexibility index (Phi) is 2.91. The minimum Gasteiger partial charge on any atom is -0.478 e. The first-order valence-corrected chi connectivity index (χ1v) is 6.03. The molecule has 3 aromatic rings. The van der Waals surface area contributed by atoms with Crippen molar-refractivity contribution in [3.8, 4) is 11.1 Å². The van der Waals surface area contributed by atoms with E-state index in [0.29, 0.717) is 5.56 Å². The van der Waals surface area contributed by atoms with Crippen LogP contribution in [0.4, 0.5) is 4.39 Å². The Hall–Kier alpha value is -2.75. The number of hydrogen-bond donors (Lipinski definition) is 1. The molecule has 98 valence electrons. The number of aromatic nitrogens is 1. The standard InChI is InChI=1S/C16H10FNO2/c17-14-5-3-12(16(19)20)9-13(14)10-4-6-15-11(8-10)2-1-7-18-15/h1-9H,(H,19,20). The van der Waals surface area contributed by atoms with E-state index in [9.17, 15) is 9.18 Å². The third-order valence-corrected chi connectivity index (χ3v) is 3.13. The van der Waals surface area contributed by atoms with Crippen LogP contribution in [0.3, 0.4) is 0 Å². The summed E-state index contributed by atoms with van der Waals surface area (Å²) < 4.78 is 13.9. The van der Waals surface area contributed by atoms with Gasteiger partial charge in [0.05, 0.1) is 11.1 Å². The topological polar surface area (TPSA) is 50.2 Å². The van der Waals surface area contributed by atoms with Crippen molar-refractivity contribution in [2.45, 2.75) is 0 Å². The van der Waals surface area contributed by atoms with Crippen LogP contribution in [-0.4, -0.2) is 16.1 Å². The van der Waals surface area contributed by atoms with Crippen LogP contribution >= 0.6 is 0 Å². The molecular weight excluding hydrogens is 257 g/mol. The first kappa shape index (κ1) is 12.3. The van der Waals surface area contributed by atoms with Crippen LogP contribution in [0.1, 0.15) is 10.4 Å². The van der Waals surface area contributed by atoms with Crippen LogP contribution in [0.5, 0.6) is 0 Å². The number of pyridine rings is 1. The molecule has 0 aliphatic heterocycles. The van der Waals surface area contributed by atoms with Crippen molar-refractivity contribution in [1.29, 1.82) is 0 Å². The van der Waals surface area contributed by atoms with Gasteiger partial charge < -0.3 is 5.11 Å². The number of carboxylic acids is 1. The van der Waals surface area contributed by atoms with Crippen LogP contribution in [-0.2, 0) is 0 Å². The van der Waals surface area contributed by atoms with E-state index in [4.69, 9.17) is 5.11 Å². The molecule has 0 fully saturated rings. The van der Waals surface area contributed by atoms with Crippen molar-refractivity contribution >= 4 is 16.9 Å². The summed E-state index contributed by atoms with van der Waals surface area (Å²) in [4.78, 5) is 15.2. The Bertz CT molecular complexity index is 814. The quantitative estimate of drug-likeness (QED) is 0.769. The maximum Gasteiger partial charge on any atom is 0.335 e. The molecule has 3 nitrogen and oxygen atoms in total. The number of carbonyl (C=O) groups is 1. The van der Waals surface area contributed by atoms with Crippen LogP contribution in [0.25, 0.3) is 22.0 Å². The van der Waals surface area contributed by atoms with E-state index in [2.05, 4.69) is 4.98 Å². The van der Waals surface area contributed by atoms with Gasteiger partial charge in [-0.3, -0.25) is 4.98 Å². The first-order chi connectivity index (χ1) is 9.65. The second-order valence-electron chi connectivity index (χ2n) is 4.41. The highest BCUT2D eigenvalue weighted by molar-refractivity contribution is 5.90. The Morgan fingerprint density at radius 1 is 1.10 bits per heavy atom. The number of benzene rings is 2. The van der Waals surface area contributed by atoms with Gasteiger partial charge in [0.2, 0.25) is 0 Å². The number of fused-ring (bicyclic) bond motifs is 1. The van der Waals surface area contributed by atoms with Gasteiger partial charge in [0.1, 0.15) is 5.82 Å². The number of rotatable bonds is 2. The average Bonchev–Trinajstić information content (AvgIpc) is 2.47. The molecule has 1 heterocycles. The predicted octanol–water partition coefficient (Wildman–Crippen LogP) is 3.74. The fourth-order valence-corrected chi connectivity index (χ4v) is 2.12. The van der Waals surface area contributed by atoms with Crippen molar-refractivity contribution in [3.63, 3.8) is 0 Å². The minimum atomic E-state index is -1.08. The van der Waals surface area contributed by atoms with Crippen molar-refractivity contribution in [2.24, 2.45) is 0 Å². The van der Waals surface area contributed by atoms with Gasteiger partial charge in [-0.05, 0) is 42.0 Å². The number of hydrogen-bond acceptors (Lipinski definition) is 2. The Labute approximate surface area is 114 Å². The molecule has 3 rings (SSSR count). The lowest BCUT2D eigenvalue weighted by molar-refractivity contribution is 0.0697. The molecule has 0 radical (unpaired) electrons. The molecule has 20 heavy (non-hydrogen) atoms. The van der Waals surface area contributed by atoms with Crippen molar-refractivity contribution in [1.82, 2.24) is 4.98 Å². The van der Waals surface area contributed by atoms with Crippen LogP contribution in [0.2, 0.25) is 0 Å². The minimum absolute atomic E-state index is 0.0627. The molecule has 0 saturated heterocycles. The van der Waals surface area contributed by atoms with E-state index in [1.165, 1.54) is 18.2 Å². The maximum absolute atomic E-state index is 13.9. The number of halogens is 1. The highest BCUT2D eigenvalue weighted by Gasteiger charge is 2.10. The van der Waals surface area contributed by atoms with Gasteiger partial charge in [-0.2, -0.15) is 0 Å². The molecule has 4 heteroatoms. The zero-order valence-electron chi connectivity index (χ0n) is 10.4. The fraction of sp³-hybridized carbons (Fsp3) is 0. The Morgan fingerprint density at radius 3 is 2.75 bits per heavy atom. The summed E-state index contributed by atoms with van der Waals surface area (Å²) in [5.74, 6) is -1.52. The van der Waals surface area contributed by atoms with Crippen LogP contribution in [0.15, 0.2) is 54.7 Å². The van der Waals surface area contributed by atoms with Gasteiger partial charge in [0.15, 0.2) is 0 Å². The molecule has 0 aliphatic carbocycles. The predicted molar refractivity (Wildman–Crippen MR) is 74.1 cm³/mol. The number of aromatic carboxylic acids is 1. The molecule has 2 aromatic carbocycles. The van der Waals surface area contributed by atoms with Gasteiger partial charge in [0.25, 0.3) is 0 Å². The summed E-state index contributed by atoms with van der Waals surface area (Å²) in [6, 6.07) is 12.8. The maximum atomic E-state index is 13.9. The summed E-state index contributed by atoms with van der Waals surface area (Å²) in [5, 5.41) is 9.87. The second-order valence-corrected chi connectivity index (χ2v) is 4.41. The normalized spacial score (nSPS) is 10.7. The third-order valence-electron chi connectivity index (χ3n) is 3.13. The zero-order valence-corrected chi connectivity index (χ0v) is 10.4. The van der Waals surface area contributed by atoms with Crippen molar-refractivity contribution < 1.29 is 14.3 Å². The monoisotopic (exact) mass is 267 g/mol. The summed E-state index contributed by atoms with van der Waals surface area (Å²) in [6.45, 7) is 0. The number of carboxylic acid groups (broad SMARTS) is 1. The third kappa shape index (κ3) is 2.12. The van der Waals surface area contributed by atoms with Crippen molar-refractivity contribution in [2.75, 3.05) is 0 Å². The number of nitrogens with zero attached hydrogens (tertiary/aromatic N) is 1. The molecule has 0 atom stereocenters. The smallest absolute Gasteiger partial charge is 0.335 e. The second kappa shape index (κ2) is 4.74. The lowest BCUT2D eigenvalue weighted by atomic mass is 10.0. The first-order valence-electron chi connectivity index (χ1n) is 6.03. The van der Waals surface area contributed by atoms with Crippen LogP contribution in [0, 0.1) is 5.82 Å². The lowest BCUT2D eigenvalue weighted by Crippen LogP contribution is -1.97. The van der Waals surface area contributed by atoms with E-state index >= 15 is 0 Å². The van der Waals surface area contributed by atoms with Gasteiger partial charge in [-0.15, -0.1) is 0 Å². The molecule has 0 bridgehead atoms. The summed E-state index contributed by atoms with van der Waals surface area (Å²) in [7, 11) is 0. The van der Waals surface area contributed by atoms with Gasteiger partial charge in [-0.1, -0.05) is 12.1 Å². The van der Waals surface area contributed by atoms with E-state index in [-0.39, 0.29) is 11.1 Å². The van der Waals surface area contributed by atoms with E-state index in [1.807, 2.05) is 6.07 Å². The van der Waals surface area contributed by atoms with Gasteiger partial charge >= 0.3 is 5.97 Å². The molecule has 0 spiro atoms. The highest BCUT2D eigenvalue weighted by Crippen LogP contribution is 2.27. The van der Waals surface area contributed by atoms with Crippen molar-refractivity contribution in [3.05, 3.63) is 66.1 Å². The largest absolute Gasteiger partial charge is 0.478 e. The van der Waals surface area contributed by atoms with Gasteiger partial charge in [-0.25, -0.2) is 9.18 Å². The lowest BCUT2D eigenvalue weighted by Gasteiger charge is -2.06. The Balaban J connectivity index is 2.19. The summed E-state index contributed by atoms with van der Waals surface area (Å²) in [5.41, 5.74) is 1.78. The van der Waals surface area contributed by atoms with E-state index < -0.39 is 11.8 Å². The molecule has 0 aliphatic rings. The van der Waals surface area contributed by atoms with E-state index in [0.717, 1.165) is 10.9 Å². The average molecular weight is 267 g/mol. The molecule has 1 N–H and O–H groups in total. The summed E-state index contributed by atoms with van der Waals surface area (Å²) in [6.07, 6.45) is 1.69. The zero-order chi connectivity index (χ0) is 14.1. The summed E-state index contributed by atoms with van der Waals surface area (Å²) >= 11 is 0. The van der Waals surface area contributed by atoms with Gasteiger partial charge in [0, 0.05) is 17.1 Å². The fourth-order valence-electron chi connectivity index (χ4n) is 2.12. The molecule has 0 saturated carbocycles. The van der Waals surface area contributed by atoms with E-state index in [1.54, 1.807) is 30.5 Å². The molecule has 0 amide bonds. The Morgan fingerprint density at radius 2 is 1.95 bits per heavy atom. The molecule has 0 unspecified atom stereocenters. The SMILES string of the molecule is O=C(O)c1ccc(F)c(-c2ccc3ncccc3c2)c1. The molecule has 1 aromatic heterocycles. The highest BCUT2D eigenvalue weighted by atomic mass is 19.1.